The van der Waals surface area contributed by atoms with Crippen molar-refractivity contribution < 1.29 is 24.2 Å². The number of rotatable bonds is 7. The fraction of sp³-hybridized carbons (Fsp3) is 0.385. The zero-order valence-corrected chi connectivity index (χ0v) is 11.4. The first-order valence-corrected chi connectivity index (χ1v) is 6.01. The van der Waals surface area contributed by atoms with E-state index in [-0.39, 0.29) is 22.9 Å². The average Bonchev–Trinajstić information content (AvgIpc) is 2.40. The van der Waals surface area contributed by atoms with Gasteiger partial charge >= 0.3 is 5.97 Å². The highest BCUT2D eigenvalue weighted by molar-refractivity contribution is 5.94. The van der Waals surface area contributed by atoms with Crippen LogP contribution >= 0.6 is 0 Å². The number of carboxylic acid groups (broad SMARTS) is 1. The molecule has 0 bridgehead atoms. The molecule has 0 aliphatic carbocycles. The third-order valence-corrected chi connectivity index (χ3v) is 2.54. The molecule has 1 rings (SSSR count). The van der Waals surface area contributed by atoms with Gasteiger partial charge in [-0.15, -0.1) is 0 Å². The smallest absolute Gasteiger partial charge is 0.337 e. The number of methoxy groups -OCH3 is 1. The summed E-state index contributed by atoms with van der Waals surface area (Å²) in [6.07, 6.45) is -0.753. The van der Waals surface area contributed by atoms with Crippen molar-refractivity contribution in [2.45, 2.75) is 13.0 Å². The van der Waals surface area contributed by atoms with Gasteiger partial charge in [-0.1, -0.05) is 0 Å². The predicted molar refractivity (Wildman–Crippen MR) is 72.8 cm³/mol. The van der Waals surface area contributed by atoms with Gasteiger partial charge in [0.15, 0.2) is 6.10 Å². The lowest BCUT2D eigenvalue weighted by molar-refractivity contribution is -0.127. The second-order valence-electron chi connectivity index (χ2n) is 4.10. The van der Waals surface area contributed by atoms with Crippen molar-refractivity contribution in [3.63, 3.8) is 0 Å². The summed E-state index contributed by atoms with van der Waals surface area (Å²) in [5.41, 5.74) is 5.61. The molecule has 20 heavy (non-hydrogen) atoms. The van der Waals surface area contributed by atoms with Gasteiger partial charge in [-0.05, 0) is 25.1 Å². The SMILES string of the molecule is COCCNC(=O)C(C)Oc1ccc(N)c(C(=O)O)c1. The molecule has 0 radical (unpaired) electrons. The van der Waals surface area contributed by atoms with Crippen LogP contribution in [-0.2, 0) is 9.53 Å². The van der Waals surface area contributed by atoms with Gasteiger partial charge in [-0.25, -0.2) is 4.79 Å². The second kappa shape index (κ2) is 7.34. The number of nitrogen functional groups attached to an aromatic ring is 1. The van der Waals surface area contributed by atoms with Crippen molar-refractivity contribution in [2.24, 2.45) is 0 Å². The van der Waals surface area contributed by atoms with Gasteiger partial charge in [-0.3, -0.25) is 4.79 Å². The van der Waals surface area contributed by atoms with Gasteiger partial charge in [0.2, 0.25) is 0 Å². The number of carboxylic acids is 1. The zero-order valence-electron chi connectivity index (χ0n) is 11.4. The third kappa shape index (κ3) is 4.43. The minimum Gasteiger partial charge on any atom is -0.481 e. The monoisotopic (exact) mass is 282 g/mol. The fourth-order valence-corrected chi connectivity index (χ4v) is 1.47. The van der Waals surface area contributed by atoms with E-state index in [0.717, 1.165) is 0 Å². The molecule has 7 heteroatoms. The molecule has 1 unspecified atom stereocenters. The molecule has 7 nitrogen and oxygen atoms in total. The lowest BCUT2D eigenvalue weighted by Gasteiger charge is -2.15. The maximum atomic E-state index is 11.7. The summed E-state index contributed by atoms with van der Waals surface area (Å²) in [6.45, 7) is 2.35. The molecule has 0 saturated carbocycles. The average molecular weight is 282 g/mol. The summed E-state index contributed by atoms with van der Waals surface area (Å²) in [5.74, 6) is -1.19. The highest BCUT2D eigenvalue weighted by atomic mass is 16.5. The second-order valence-corrected chi connectivity index (χ2v) is 4.10. The number of benzene rings is 1. The Balaban J connectivity index is 2.66. The molecular formula is C13H18N2O5. The molecule has 0 saturated heterocycles. The van der Waals surface area contributed by atoms with Gasteiger partial charge in [0.1, 0.15) is 5.75 Å². The van der Waals surface area contributed by atoms with Crippen LogP contribution in [0.3, 0.4) is 0 Å². The Labute approximate surface area is 116 Å². The summed E-state index contributed by atoms with van der Waals surface area (Å²) >= 11 is 0. The van der Waals surface area contributed by atoms with E-state index in [4.69, 9.17) is 20.3 Å². The normalized spacial score (nSPS) is 11.7. The van der Waals surface area contributed by atoms with Crippen molar-refractivity contribution in [3.05, 3.63) is 23.8 Å². The number of hydrogen-bond acceptors (Lipinski definition) is 5. The van der Waals surface area contributed by atoms with Crippen LogP contribution < -0.4 is 15.8 Å². The van der Waals surface area contributed by atoms with Crippen LogP contribution in [0.4, 0.5) is 5.69 Å². The quantitative estimate of drug-likeness (QED) is 0.496. The Kier molecular flexibility index (Phi) is 5.79. The van der Waals surface area contributed by atoms with Crippen LogP contribution in [0, 0.1) is 0 Å². The van der Waals surface area contributed by atoms with Crippen LogP contribution in [0.15, 0.2) is 18.2 Å². The lowest BCUT2D eigenvalue weighted by atomic mass is 10.1. The maximum Gasteiger partial charge on any atom is 0.337 e. The summed E-state index contributed by atoms with van der Waals surface area (Å²) in [5, 5.41) is 11.6. The molecule has 0 fully saturated rings. The molecular weight excluding hydrogens is 264 g/mol. The third-order valence-electron chi connectivity index (χ3n) is 2.54. The molecule has 0 spiro atoms. The zero-order chi connectivity index (χ0) is 15.1. The van der Waals surface area contributed by atoms with E-state index in [1.165, 1.54) is 25.3 Å². The standard InChI is InChI=1S/C13H18N2O5/c1-8(12(16)15-5-6-19-2)20-9-3-4-11(14)10(7-9)13(17)18/h3-4,7-8H,5-6,14H2,1-2H3,(H,15,16)(H,17,18). The van der Waals surface area contributed by atoms with Gasteiger partial charge < -0.3 is 25.6 Å². The predicted octanol–water partition coefficient (Wildman–Crippen LogP) is 0.497. The summed E-state index contributed by atoms with van der Waals surface area (Å²) in [4.78, 5) is 22.6. The summed E-state index contributed by atoms with van der Waals surface area (Å²) in [7, 11) is 1.54. The summed E-state index contributed by atoms with van der Waals surface area (Å²) < 4.78 is 10.2. The maximum absolute atomic E-state index is 11.7. The number of hydrogen-bond donors (Lipinski definition) is 3. The van der Waals surface area contributed by atoms with Crippen molar-refractivity contribution in [1.29, 1.82) is 0 Å². The number of ether oxygens (including phenoxy) is 2. The van der Waals surface area contributed by atoms with Crippen molar-refractivity contribution in [2.75, 3.05) is 26.0 Å². The van der Waals surface area contributed by atoms with Crippen LogP contribution in [0.5, 0.6) is 5.75 Å². The highest BCUT2D eigenvalue weighted by Gasteiger charge is 2.16. The van der Waals surface area contributed by atoms with E-state index in [2.05, 4.69) is 5.32 Å². The highest BCUT2D eigenvalue weighted by Crippen LogP contribution is 2.20. The first-order valence-electron chi connectivity index (χ1n) is 6.01. The first-order chi connectivity index (χ1) is 9.45. The number of nitrogens with one attached hydrogen (secondary N) is 1. The van der Waals surface area contributed by atoms with Crippen molar-refractivity contribution >= 4 is 17.6 Å². The summed E-state index contributed by atoms with van der Waals surface area (Å²) in [6, 6.07) is 4.23. The van der Waals surface area contributed by atoms with E-state index < -0.39 is 12.1 Å². The van der Waals surface area contributed by atoms with Crippen molar-refractivity contribution in [1.82, 2.24) is 5.32 Å². The molecule has 0 aromatic heterocycles. The number of anilines is 1. The lowest BCUT2D eigenvalue weighted by Crippen LogP contribution is -2.37. The molecule has 1 aromatic rings. The van der Waals surface area contributed by atoms with E-state index in [9.17, 15) is 9.59 Å². The molecule has 1 atom stereocenters. The largest absolute Gasteiger partial charge is 0.481 e. The van der Waals surface area contributed by atoms with Gasteiger partial charge in [-0.2, -0.15) is 0 Å². The Hall–Kier alpha value is -2.28. The molecule has 1 aromatic carbocycles. The molecule has 0 heterocycles. The number of carbonyl (C=O) groups excluding carboxylic acids is 1. The van der Waals surface area contributed by atoms with Gasteiger partial charge in [0.25, 0.3) is 5.91 Å². The van der Waals surface area contributed by atoms with Crippen LogP contribution in [0.1, 0.15) is 17.3 Å². The van der Waals surface area contributed by atoms with Crippen LogP contribution in [0.2, 0.25) is 0 Å². The first kappa shape index (κ1) is 15.8. The number of nitrogens with two attached hydrogens (primary N) is 1. The van der Waals surface area contributed by atoms with Crippen LogP contribution in [-0.4, -0.2) is 43.3 Å². The number of amides is 1. The Morgan fingerprint density at radius 2 is 2.15 bits per heavy atom. The Morgan fingerprint density at radius 1 is 1.45 bits per heavy atom. The Morgan fingerprint density at radius 3 is 2.75 bits per heavy atom. The molecule has 110 valence electrons. The number of aromatic carboxylic acids is 1. The van der Waals surface area contributed by atoms with E-state index in [0.29, 0.717) is 13.2 Å². The topological polar surface area (TPSA) is 111 Å². The van der Waals surface area contributed by atoms with E-state index in [1.807, 2.05) is 0 Å². The fourth-order valence-electron chi connectivity index (χ4n) is 1.47. The molecule has 0 aliphatic heterocycles. The Bertz CT molecular complexity index is 490. The van der Waals surface area contributed by atoms with Gasteiger partial charge in [0, 0.05) is 19.3 Å². The molecule has 4 N–H and O–H groups in total. The molecule has 0 aliphatic rings. The minimum atomic E-state index is -1.15. The van der Waals surface area contributed by atoms with E-state index >= 15 is 0 Å². The molecule has 1 amide bonds. The van der Waals surface area contributed by atoms with Gasteiger partial charge in [0.05, 0.1) is 12.2 Å². The van der Waals surface area contributed by atoms with E-state index in [1.54, 1.807) is 6.92 Å². The number of carbonyl (C=O) groups is 2. The van der Waals surface area contributed by atoms with Crippen molar-refractivity contribution in [3.8, 4) is 5.75 Å². The minimum absolute atomic E-state index is 0.0607. The van der Waals surface area contributed by atoms with Crippen LogP contribution in [0.25, 0.3) is 0 Å².